The molecule has 0 saturated heterocycles. The molecular formula is C10H14N4O3. The molecule has 0 aromatic heterocycles. The van der Waals surface area contributed by atoms with Crippen molar-refractivity contribution in [3.05, 3.63) is 34.2 Å². The molecular weight excluding hydrogens is 224 g/mol. The number of hydrogen-bond acceptors (Lipinski definition) is 5. The van der Waals surface area contributed by atoms with Crippen molar-refractivity contribution >= 4 is 5.69 Å². The number of nitrogen functional groups attached to an aromatic ring is 1. The molecule has 0 fully saturated rings. The summed E-state index contributed by atoms with van der Waals surface area (Å²) < 4.78 is 0. The molecule has 0 saturated carbocycles. The molecule has 1 aromatic rings. The number of hydrogen-bond donors (Lipinski definition) is 4. The summed E-state index contributed by atoms with van der Waals surface area (Å²) in [6, 6.07) is 4.19. The maximum absolute atomic E-state index is 9.78. The van der Waals surface area contributed by atoms with Gasteiger partial charge in [0.05, 0.1) is 11.8 Å². The molecule has 0 aliphatic rings. The minimum Gasteiger partial charge on any atom is -0.506 e. The molecule has 7 heteroatoms. The van der Waals surface area contributed by atoms with Gasteiger partial charge in [-0.1, -0.05) is 11.2 Å². The van der Waals surface area contributed by atoms with Crippen LogP contribution in [0.3, 0.4) is 0 Å². The lowest BCUT2D eigenvalue weighted by Gasteiger charge is -2.17. The number of anilines is 1. The molecule has 7 nitrogen and oxygen atoms in total. The summed E-state index contributed by atoms with van der Waals surface area (Å²) in [7, 11) is 0. The van der Waals surface area contributed by atoms with Crippen molar-refractivity contribution in [1.82, 2.24) is 0 Å². The van der Waals surface area contributed by atoms with Crippen LogP contribution in [-0.4, -0.2) is 28.0 Å². The lowest BCUT2D eigenvalue weighted by Crippen LogP contribution is -2.19. The van der Waals surface area contributed by atoms with E-state index in [4.69, 9.17) is 11.3 Å². The molecule has 1 rings (SSSR count). The first-order valence-corrected chi connectivity index (χ1v) is 5.01. The fourth-order valence-electron chi connectivity index (χ4n) is 1.37. The van der Waals surface area contributed by atoms with Crippen molar-refractivity contribution in [3.8, 4) is 5.75 Å². The third kappa shape index (κ3) is 3.53. The SMILES string of the molecule is [N-]=[N+]=NCCC(O)C(O)c1ccc(O)c(N)c1. The van der Waals surface area contributed by atoms with E-state index in [1.54, 1.807) is 0 Å². The standard InChI is InChI=1S/C10H14N4O3/c11-7-5-6(1-2-8(7)15)10(17)9(16)3-4-13-14-12/h1-2,5,9-10,15-17H,3-4,11H2. The van der Waals surface area contributed by atoms with E-state index in [1.165, 1.54) is 18.2 Å². The predicted octanol–water partition coefficient (Wildman–Crippen LogP) is 1.07. The highest BCUT2D eigenvalue weighted by atomic mass is 16.3. The van der Waals surface area contributed by atoms with Crippen molar-refractivity contribution in [2.24, 2.45) is 5.11 Å². The summed E-state index contributed by atoms with van der Waals surface area (Å²) in [5.74, 6) is -0.0791. The van der Waals surface area contributed by atoms with Crippen LogP contribution in [0.1, 0.15) is 18.1 Å². The summed E-state index contributed by atoms with van der Waals surface area (Å²) in [5.41, 5.74) is 14.1. The normalized spacial score (nSPS) is 13.8. The Morgan fingerprint density at radius 2 is 2.12 bits per heavy atom. The van der Waals surface area contributed by atoms with Crippen LogP contribution in [-0.2, 0) is 0 Å². The highest BCUT2D eigenvalue weighted by Gasteiger charge is 2.18. The quantitative estimate of drug-likeness (QED) is 0.200. The van der Waals surface area contributed by atoms with Gasteiger partial charge in [0.15, 0.2) is 0 Å². The Morgan fingerprint density at radius 1 is 1.41 bits per heavy atom. The van der Waals surface area contributed by atoms with E-state index >= 15 is 0 Å². The summed E-state index contributed by atoms with van der Waals surface area (Å²) in [6.45, 7) is 0.0995. The molecule has 17 heavy (non-hydrogen) atoms. The highest BCUT2D eigenvalue weighted by Crippen LogP contribution is 2.26. The van der Waals surface area contributed by atoms with E-state index in [9.17, 15) is 15.3 Å². The molecule has 2 unspecified atom stereocenters. The Labute approximate surface area is 97.7 Å². The van der Waals surface area contributed by atoms with Crippen LogP contribution in [0.5, 0.6) is 5.75 Å². The van der Waals surface area contributed by atoms with Crippen LogP contribution >= 0.6 is 0 Å². The number of nitrogens with two attached hydrogens (primary N) is 1. The number of azide groups is 1. The van der Waals surface area contributed by atoms with Crippen LogP contribution in [0.2, 0.25) is 0 Å². The minimum atomic E-state index is -1.13. The molecule has 2 atom stereocenters. The number of benzene rings is 1. The Bertz CT molecular complexity index is 432. The van der Waals surface area contributed by atoms with Gasteiger partial charge in [0.25, 0.3) is 0 Å². The molecule has 0 heterocycles. The molecule has 1 aromatic carbocycles. The van der Waals surface area contributed by atoms with Gasteiger partial charge in [-0.2, -0.15) is 0 Å². The van der Waals surface area contributed by atoms with Gasteiger partial charge in [0, 0.05) is 11.5 Å². The number of aliphatic hydroxyl groups is 2. The molecule has 0 aliphatic carbocycles. The number of nitrogens with zero attached hydrogens (tertiary/aromatic N) is 3. The van der Waals surface area contributed by atoms with Gasteiger partial charge in [-0.15, -0.1) is 0 Å². The van der Waals surface area contributed by atoms with Crippen molar-refractivity contribution < 1.29 is 15.3 Å². The zero-order valence-corrected chi connectivity index (χ0v) is 9.06. The second kappa shape index (κ2) is 5.95. The van der Waals surface area contributed by atoms with Gasteiger partial charge >= 0.3 is 0 Å². The van der Waals surface area contributed by atoms with E-state index in [2.05, 4.69) is 10.0 Å². The van der Waals surface area contributed by atoms with Crippen molar-refractivity contribution in [1.29, 1.82) is 0 Å². The molecule has 0 amide bonds. The van der Waals surface area contributed by atoms with E-state index in [1.807, 2.05) is 0 Å². The smallest absolute Gasteiger partial charge is 0.138 e. The van der Waals surface area contributed by atoms with Gasteiger partial charge in [0.2, 0.25) is 0 Å². The first-order valence-electron chi connectivity index (χ1n) is 5.01. The lowest BCUT2D eigenvalue weighted by atomic mass is 10.0. The fraction of sp³-hybridized carbons (Fsp3) is 0.400. The average Bonchev–Trinajstić information content (AvgIpc) is 2.32. The Morgan fingerprint density at radius 3 is 2.71 bits per heavy atom. The van der Waals surface area contributed by atoms with Gasteiger partial charge in [0.1, 0.15) is 11.9 Å². The molecule has 0 radical (unpaired) electrons. The molecule has 0 spiro atoms. The molecule has 0 aliphatic heterocycles. The zero-order valence-electron chi connectivity index (χ0n) is 9.06. The van der Waals surface area contributed by atoms with Crippen molar-refractivity contribution in [2.45, 2.75) is 18.6 Å². The number of phenols is 1. The third-order valence-corrected chi connectivity index (χ3v) is 2.35. The largest absolute Gasteiger partial charge is 0.506 e. The highest BCUT2D eigenvalue weighted by molar-refractivity contribution is 5.53. The van der Waals surface area contributed by atoms with Crippen LogP contribution < -0.4 is 5.73 Å². The summed E-state index contributed by atoms with van der Waals surface area (Å²) in [6.07, 6.45) is -2.04. The predicted molar refractivity (Wildman–Crippen MR) is 62.1 cm³/mol. The molecule has 5 N–H and O–H groups in total. The van der Waals surface area contributed by atoms with Gasteiger partial charge < -0.3 is 21.1 Å². The van der Waals surface area contributed by atoms with Gasteiger partial charge in [-0.3, -0.25) is 0 Å². The molecule has 92 valence electrons. The number of aliphatic hydroxyl groups excluding tert-OH is 2. The van der Waals surface area contributed by atoms with Crippen LogP contribution in [0.15, 0.2) is 23.3 Å². The monoisotopic (exact) mass is 238 g/mol. The zero-order chi connectivity index (χ0) is 12.8. The second-order valence-corrected chi connectivity index (χ2v) is 3.57. The maximum Gasteiger partial charge on any atom is 0.138 e. The summed E-state index contributed by atoms with van der Waals surface area (Å²) in [5, 5.41) is 31.9. The number of rotatable bonds is 5. The first-order chi connectivity index (χ1) is 8.06. The van der Waals surface area contributed by atoms with E-state index in [0.717, 1.165) is 0 Å². The Kier molecular flexibility index (Phi) is 4.59. The topological polar surface area (TPSA) is 135 Å². The van der Waals surface area contributed by atoms with E-state index in [0.29, 0.717) is 5.56 Å². The van der Waals surface area contributed by atoms with Crippen LogP contribution in [0.25, 0.3) is 10.4 Å². The van der Waals surface area contributed by atoms with Crippen molar-refractivity contribution in [3.63, 3.8) is 0 Å². The summed E-state index contributed by atoms with van der Waals surface area (Å²) in [4.78, 5) is 2.54. The molecule has 0 bridgehead atoms. The second-order valence-electron chi connectivity index (χ2n) is 3.57. The maximum atomic E-state index is 9.78. The summed E-state index contributed by atoms with van der Waals surface area (Å²) >= 11 is 0. The lowest BCUT2D eigenvalue weighted by molar-refractivity contribution is 0.0150. The van der Waals surface area contributed by atoms with E-state index < -0.39 is 12.2 Å². The Balaban J connectivity index is 2.70. The minimum absolute atomic E-state index is 0.0791. The third-order valence-electron chi connectivity index (χ3n) is 2.35. The fourth-order valence-corrected chi connectivity index (χ4v) is 1.37. The van der Waals surface area contributed by atoms with Crippen LogP contribution in [0.4, 0.5) is 5.69 Å². The Hall–Kier alpha value is -1.95. The van der Waals surface area contributed by atoms with E-state index in [-0.39, 0.29) is 24.4 Å². The first kappa shape index (κ1) is 13.1. The number of phenolic OH excluding ortho intramolecular Hbond substituents is 1. The van der Waals surface area contributed by atoms with Gasteiger partial charge in [-0.25, -0.2) is 0 Å². The van der Waals surface area contributed by atoms with Gasteiger partial charge in [-0.05, 0) is 29.6 Å². The average molecular weight is 238 g/mol. The van der Waals surface area contributed by atoms with Crippen LogP contribution in [0, 0.1) is 0 Å². The van der Waals surface area contributed by atoms with Crippen molar-refractivity contribution in [2.75, 3.05) is 12.3 Å². The number of aromatic hydroxyl groups is 1.